The van der Waals surface area contributed by atoms with E-state index < -0.39 is 5.60 Å². The van der Waals surface area contributed by atoms with Crippen molar-refractivity contribution in [3.05, 3.63) is 12.2 Å². The summed E-state index contributed by atoms with van der Waals surface area (Å²) in [6, 6.07) is 0. The molecule has 0 aliphatic heterocycles. The minimum atomic E-state index is -0.589. The Labute approximate surface area is 51.0 Å². The van der Waals surface area contributed by atoms with Crippen molar-refractivity contribution in [3.8, 4) is 0 Å². The quantitative estimate of drug-likeness (QED) is 0.542. The molecule has 0 aromatic rings. The molecule has 0 radical (unpaired) electrons. The summed E-state index contributed by atoms with van der Waals surface area (Å²) in [5, 5.41) is 9.24. The molecule has 1 nitrogen and oxygen atoms in total. The molecular formula is C7H14O. The van der Waals surface area contributed by atoms with Gasteiger partial charge in [0.25, 0.3) is 0 Å². The second-order valence-corrected chi connectivity index (χ2v) is 2.21. The number of aliphatic hydroxyl groups is 1. The molecule has 0 aromatic carbocycles. The fraction of sp³-hybridized carbons (Fsp3) is 0.714. The van der Waals surface area contributed by atoms with Gasteiger partial charge in [-0.2, -0.15) is 0 Å². The van der Waals surface area contributed by atoms with Crippen LogP contribution in [-0.4, -0.2) is 10.7 Å². The predicted octanol–water partition coefficient (Wildman–Crippen LogP) is 1.72. The summed E-state index contributed by atoms with van der Waals surface area (Å²) in [4.78, 5) is 0. The highest BCUT2D eigenvalue weighted by molar-refractivity contribution is 4.95. The van der Waals surface area contributed by atoms with Gasteiger partial charge in [-0.15, -0.1) is 0 Å². The van der Waals surface area contributed by atoms with E-state index in [-0.39, 0.29) is 0 Å². The Kier molecular flexibility index (Phi) is 2.77. The fourth-order valence-corrected chi connectivity index (χ4v) is 0.477. The molecule has 48 valence electrons. The van der Waals surface area contributed by atoms with Crippen molar-refractivity contribution < 1.29 is 5.11 Å². The van der Waals surface area contributed by atoms with Gasteiger partial charge in [0.05, 0.1) is 5.60 Å². The van der Waals surface area contributed by atoms with Crippen molar-refractivity contribution >= 4 is 0 Å². The summed E-state index contributed by atoms with van der Waals surface area (Å²) in [5.41, 5.74) is -0.589. The zero-order valence-electron chi connectivity index (χ0n) is 5.81. The highest BCUT2D eigenvalue weighted by atomic mass is 16.3. The molecule has 1 N–H and O–H groups in total. The minimum Gasteiger partial charge on any atom is -0.386 e. The maximum absolute atomic E-state index is 9.24. The Balaban J connectivity index is 3.71. The summed E-state index contributed by atoms with van der Waals surface area (Å²) >= 11 is 0. The molecule has 1 unspecified atom stereocenters. The van der Waals surface area contributed by atoms with Crippen LogP contribution in [0.4, 0.5) is 0 Å². The largest absolute Gasteiger partial charge is 0.386 e. The van der Waals surface area contributed by atoms with Gasteiger partial charge in [0, 0.05) is 0 Å². The molecule has 0 rings (SSSR count). The standard InChI is InChI=1S/C7H14O/c1-4-6-7(3,8)5-2/h4,6,8H,5H2,1-3H3/b6-4+. The van der Waals surface area contributed by atoms with Crippen LogP contribution < -0.4 is 0 Å². The first-order valence-corrected chi connectivity index (χ1v) is 2.98. The summed E-state index contributed by atoms with van der Waals surface area (Å²) in [5.74, 6) is 0. The van der Waals surface area contributed by atoms with E-state index in [0.717, 1.165) is 6.42 Å². The van der Waals surface area contributed by atoms with E-state index in [2.05, 4.69) is 0 Å². The number of hydrogen-bond acceptors (Lipinski definition) is 1. The fourth-order valence-electron chi connectivity index (χ4n) is 0.477. The van der Waals surface area contributed by atoms with E-state index in [4.69, 9.17) is 0 Å². The van der Waals surface area contributed by atoms with Crippen LogP contribution in [0, 0.1) is 0 Å². The summed E-state index contributed by atoms with van der Waals surface area (Å²) in [6.45, 7) is 5.66. The maximum atomic E-state index is 9.24. The predicted molar refractivity (Wildman–Crippen MR) is 35.7 cm³/mol. The van der Waals surface area contributed by atoms with Gasteiger partial charge in [-0.25, -0.2) is 0 Å². The zero-order valence-corrected chi connectivity index (χ0v) is 5.81. The minimum absolute atomic E-state index is 0.589. The monoisotopic (exact) mass is 114 g/mol. The van der Waals surface area contributed by atoms with Crippen molar-refractivity contribution in [1.82, 2.24) is 0 Å². The Morgan fingerprint density at radius 2 is 2.12 bits per heavy atom. The van der Waals surface area contributed by atoms with Gasteiger partial charge in [0.1, 0.15) is 0 Å². The molecular weight excluding hydrogens is 100 g/mol. The molecule has 1 heteroatoms. The molecule has 0 saturated carbocycles. The molecule has 0 heterocycles. The normalized spacial score (nSPS) is 19.0. The van der Waals surface area contributed by atoms with Gasteiger partial charge >= 0.3 is 0 Å². The van der Waals surface area contributed by atoms with E-state index in [1.165, 1.54) is 0 Å². The van der Waals surface area contributed by atoms with Crippen LogP contribution in [0.15, 0.2) is 12.2 Å². The second-order valence-electron chi connectivity index (χ2n) is 2.21. The van der Waals surface area contributed by atoms with Crippen LogP contribution in [0.1, 0.15) is 27.2 Å². The van der Waals surface area contributed by atoms with Crippen molar-refractivity contribution in [1.29, 1.82) is 0 Å². The topological polar surface area (TPSA) is 20.2 Å². The van der Waals surface area contributed by atoms with E-state index in [0.29, 0.717) is 0 Å². The highest BCUT2D eigenvalue weighted by Crippen LogP contribution is 2.08. The molecule has 0 bridgehead atoms. The maximum Gasteiger partial charge on any atom is 0.0796 e. The molecule has 0 saturated heterocycles. The molecule has 0 aliphatic rings. The van der Waals surface area contributed by atoms with Crippen molar-refractivity contribution in [3.63, 3.8) is 0 Å². The van der Waals surface area contributed by atoms with Crippen molar-refractivity contribution in [2.24, 2.45) is 0 Å². The van der Waals surface area contributed by atoms with E-state index >= 15 is 0 Å². The first-order chi connectivity index (χ1) is 3.62. The Hall–Kier alpha value is -0.300. The molecule has 0 aliphatic carbocycles. The zero-order chi connectivity index (χ0) is 6.62. The lowest BCUT2D eigenvalue weighted by molar-refractivity contribution is 0.107. The third-order valence-electron chi connectivity index (χ3n) is 1.24. The van der Waals surface area contributed by atoms with E-state index in [9.17, 15) is 5.11 Å². The van der Waals surface area contributed by atoms with E-state index in [1.54, 1.807) is 13.0 Å². The van der Waals surface area contributed by atoms with Crippen LogP contribution in [0.5, 0.6) is 0 Å². The highest BCUT2D eigenvalue weighted by Gasteiger charge is 2.10. The van der Waals surface area contributed by atoms with Crippen LogP contribution >= 0.6 is 0 Å². The lowest BCUT2D eigenvalue weighted by Gasteiger charge is -2.14. The average molecular weight is 114 g/mol. The Morgan fingerprint density at radius 3 is 2.25 bits per heavy atom. The van der Waals surface area contributed by atoms with Crippen LogP contribution in [0.3, 0.4) is 0 Å². The first-order valence-electron chi connectivity index (χ1n) is 2.98. The van der Waals surface area contributed by atoms with Crippen LogP contribution in [0.25, 0.3) is 0 Å². The molecule has 0 aromatic heterocycles. The van der Waals surface area contributed by atoms with Crippen LogP contribution in [-0.2, 0) is 0 Å². The number of rotatable bonds is 2. The molecule has 0 spiro atoms. The molecule has 8 heavy (non-hydrogen) atoms. The third kappa shape index (κ3) is 2.80. The molecule has 0 fully saturated rings. The lowest BCUT2D eigenvalue weighted by atomic mass is 10.0. The Bertz CT molecular complexity index is 82.4. The summed E-state index contributed by atoms with van der Waals surface area (Å²) < 4.78 is 0. The summed E-state index contributed by atoms with van der Waals surface area (Å²) in [7, 11) is 0. The molecule has 1 atom stereocenters. The van der Waals surface area contributed by atoms with Crippen LogP contribution in [0.2, 0.25) is 0 Å². The third-order valence-corrected chi connectivity index (χ3v) is 1.24. The van der Waals surface area contributed by atoms with Gasteiger partial charge in [0.15, 0.2) is 0 Å². The van der Waals surface area contributed by atoms with Gasteiger partial charge in [-0.3, -0.25) is 0 Å². The second kappa shape index (κ2) is 2.88. The van der Waals surface area contributed by atoms with Gasteiger partial charge in [-0.1, -0.05) is 19.1 Å². The van der Waals surface area contributed by atoms with E-state index in [1.807, 2.05) is 19.9 Å². The number of allylic oxidation sites excluding steroid dienone is 1. The van der Waals surface area contributed by atoms with Gasteiger partial charge < -0.3 is 5.11 Å². The van der Waals surface area contributed by atoms with Gasteiger partial charge in [-0.05, 0) is 20.3 Å². The first kappa shape index (κ1) is 7.70. The molecule has 0 amide bonds. The van der Waals surface area contributed by atoms with Gasteiger partial charge in [0.2, 0.25) is 0 Å². The lowest BCUT2D eigenvalue weighted by Crippen LogP contribution is -2.18. The number of hydrogen-bond donors (Lipinski definition) is 1. The average Bonchev–Trinajstić information content (AvgIpc) is 1.67. The summed E-state index contributed by atoms with van der Waals surface area (Å²) in [6.07, 6.45) is 4.44. The smallest absolute Gasteiger partial charge is 0.0796 e. The SMILES string of the molecule is C/C=C/C(C)(O)CC. The Morgan fingerprint density at radius 1 is 1.62 bits per heavy atom. The van der Waals surface area contributed by atoms with Crippen molar-refractivity contribution in [2.45, 2.75) is 32.8 Å². The van der Waals surface area contributed by atoms with Crippen molar-refractivity contribution in [2.75, 3.05) is 0 Å².